The predicted molar refractivity (Wildman–Crippen MR) is 92.3 cm³/mol. The molecule has 1 saturated heterocycles. The number of carbonyl (C=O) groups is 3. The topological polar surface area (TPSA) is 98.5 Å². The summed E-state index contributed by atoms with van der Waals surface area (Å²) in [5, 5.41) is 17.4. The molecule has 1 N–H and O–H groups in total. The van der Waals surface area contributed by atoms with Crippen LogP contribution in [0.5, 0.6) is 0 Å². The van der Waals surface area contributed by atoms with Gasteiger partial charge in [-0.15, -0.1) is 0 Å². The summed E-state index contributed by atoms with van der Waals surface area (Å²) in [5.74, 6) is -1.69. The Kier molecular flexibility index (Phi) is 5.84. The number of nitrogens with zero attached hydrogens (tertiary/aromatic N) is 2. The third kappa shape index (κ3) is 4.28. The van der Waals surface area contributed by atoms with Crippen LogP contribution in [-0.2, 0) is 9.59 Å². The Morgan fingerprint density at radius 3 is 2.58 bits per heavy atom. The molecule has 0 aromatic heterocycles. The van der Waals surface area contributed by atoms with Gasteiger partial charge < -0.3 is 5.11 Å². The van der Waals surface area contributed by atoms with Crippen LogP contribution in [0.3, 0.4) is 0 Å². The zero-order valence-electron chi connectivity index (χ0n) is 12.4. The fourth-order valence-corrected chi connectivity index (χ4v) is 3.27. The first kappa shape index (κ1) is 17.8. The van der Waals surface area contributed by atoms with Crippen molar-refractivity contribution in [2.45, 2.75) is 12.8 Å². The number of thiocarbonyl (C=S) groups is 1. The van der Waals surface area contributed by atoms with Gasteiger partial charge in [0.2, 0.25) is 0 Å². The zero-order valence-corrected chi connectivity index (χ0v) is 14.0. The van der Waals surface area contributed by atoms with Crippen molar-refractivity contribution >= 4 is 46.0 Å². The van der Waals surface area contributed by atoms with Crippen molar-refractivity contribution in [2.75, 3.05) is 6.54 Å². The summed E-state index contributed by atoms with van der Waals surface area (Å²) in [7, 11) is 0. The third-order valence-electron chi connectivity index (χ3n) is 3.21. The highest BCUT2D eigenvalue weighted by Crippen LogP contribution is 2.31. The number of aliphatic carboxylic acids is 1. The highest BCUT2D eigenvalue weighted by molar-refractivity contribution is 8.26. The molecule has 2 rings (SSSR count). The fourth-order valence-electron chi connectivity index (χ4n) is 1.99. The first-order chi connectivity index (χ1) is 11.4. The van der Waals surface area contributed by atoms with E-state index in [2.05, 4.69) is 0 Å². The fraction of sp³-hybridized carbons (Fsp3) is 0.188. The number of amides is 1. The number of carboxylic acids is 1. The van der Waals surface area contributed by atoms with Crippen LogP contribution < -0.4 is 0 Å². The number of carboxylic acid groups (broad SMARTS) is 1. The third-order valence-corrected chi connectivity index (χ3v) is 4.58. The van der Waals surface area contributed by atoms with Gasteiger partial charge >= 0.3 is 5.97 Å². The molecule has 1 fully saturated rings. The van der Waals surface area contributed by atoms with E-state index in [4.69, 9.17) is 22.6 Å². The molecule has 122 valence electrons. The number of ketones is 1. The van der Waals surface area contributed by atoms with E-state index in [0.29, 0.717) is 21.9 Å². The van der Waals surface area contributed by atoms with Crippen molar-refractivity contribution < 1.29 is 19.5 Å². The van der Waals surface area contributed by atoms with Crippen LogP contribution in [0, 0.1) is 11.3 Å². The molecule has 0 aliphatic carbocycles. The number of allylic oxidation sites excluding steroid dienone is 1. The zero-order chi connectivity index (χ0) is 17.7. The van der Waals surface area contributed by atoms with E-state index in [1.807, 2.05) is 6.07 Å². The van der Waals surface area contributed by atoms with Crippen LogP contribution in [0.4, 0.5) is 0 Å². The van der Waals surface area contributed by atoms with Gasteiger partial charge in [-0.05, 0) is 30.7 Å². The predicted octanol–water partition coefficient (Wildman–Crippen LogP) is 2.35. The van der Waals surface area contributed by atoms with Crippen LogP contribution in [0.25, 0.3) is 0 Å². The minimum atomic E-state index is -0.938. The normalized spacial score (nSPS) is 15.6. The van der Waals surface area contributed by atoms with Crippen LogP contribution >= 0.6 is 24.0 Å². The molecule has 6 nitrogen and oxygen atoms in total. The second kappa shape index (κ2) is 7.86. The summed E-state index contributed by atoms with van der Waals surface area (Å²) in [6.45, 7) is 0.208. The van der Waals surface area contributed by atoms with Gasteiger partial charge in [0.05, 0.1) is 16.5 Å². The number of carbonyl (C=O) groups excluding carboxylic acids is 2. The molecule has 1 aliphatic heterocycles. The van der Waals surface area contributed by atoms with Gasteiger partial charge in [0.1, 0.15) is 4.32 Å². The summed E-state index contributed by atoms with van der Waals surface area (Å²) >= 11 is 6.13. The molecule has 1 aliphatic rings. The summed E-state index contributed by atoms with van der Waals surface area (Å²) in [5.41, 5.74) is 0.807. The monoisotopic (exact) mass is 360 g/mol. The molecule has 1 heterocycles. The molecule has 0 atom stereocenters. The summed E-state index contributed by atoms with van der Waals surface area (Å²) in [4.78, 5) is 36.5. The van der Waals surface area contributed by atoms with Crippen LogP contribution in [0.1, 0.15) is 28.8 Å². The van der Waals surface area contributed by atoms with E-state index in [0.717, 1.165) is 11.8 Å². The van der Waals surface area contributed by atoms with Crippen molar-refractivity contribution in [3.8, 4) is 6.07 Å². The van der Waals surface area contributed by atoms with E-state index in [9.17, 15) is 14.4 Å². The average molecular weight is 360 g/mol. The average Bonchev–Trinajstić information content (AvgIpc) is 2.82. The SMILES string of the molecule is N#Cc1ccc(C(=O)/C=C2\SC(=S)N(CCCC(=O)O)C2=O)cc1. The van der Waals surface area contributed by atoms with E-state index < -0.39 is 11.9 Å². The van der Waals surface area contributed by atoms with E-state index in [1.165, 1.54) is 35.2 Å². The van der Waals surface area contributed by atoms with Crippen molar-refractivity contribution in [3.05, 3.63) is 46.4 Å². The van der Waals surface area contributed by atoms with Crippen molar-refractivity contribution in [1.82, 2.24) is 4.90 Å². The second-order valence-corrected chi connectivity index (χ2v) is 6.56. The van der Waals surface area contributed by atoms with Gasteiger partial charge in [-0.3, -0.25) is 19.3 Å². The van der Waals surface area contributed by atoms with Crippen molar-refractivity contribution in [3.63, 3.8) is 0 Å². The largest absolute Gasteiger partial charge is 0.481 e. The van der Waals surface area contributed by atoms with E-state index >= 15 is 0 Å². The Hall–Kier alpha value is -2.50. The number of hydrogen-bond donors (Lipinski definition) is 1. The summed E-state index contributed by atoms with van der Waals surface area (Å²) < 4.78 is 0.310. The van der Waals surface area contributed by atoms with Gasteiger partial charge in [-0.25, -0.2) is 0 Å². The maximum Gasteiger partial charge on any atom is 0.303 e. The first-order valence-corrected chi connectivity index (χ1v) is 8.16. The number of thioether (sulfide) groups is 1. The second-order valence-electron chi connectivity index (χ2n) is 4.88. The Balaban J connectivity index is 2.08. The first-order valence-electron chi connectivity index (χ1n) is 6.94. The molecule has 0 radical (unpaired) electrons. The maximum atomic E-state index is 12.3. The molecule has 0 unspecified atom stereocenters. The Morgan fingerprint density at radius 2 is 2.00 bits per heavy atom. The molecular weight excluding hydrogens is 348 g/mol. The lowest BCUT2D eigenvalue weighted by molar-refractivity contribution is -0.137. The minimum Gasteiger partial charge on any atom is -0.481 e. The number of benzene rings is 1. The number of nitriles is 1. The quantitative estimate of drug-likeness (QED) is 0.472. The molecule has 0 bridgehead atoms. The van der Waals surface area contributed by atoms with Gasteiger partial charge in [0, 0.05) is 24.6 Å². The lowest BCUT2D eigenvalue weighted by atomic mass is 10.1. The molecule has 8 heteroatoms. The van der Waals surface area contributed by atoms with Gasteiger partial charge in [-0.1, -0.05) is 24.0 Å². The number of hydrogen-bond acceptors (Lipinski definition) is 6. The van der Waals surface area contributed by atoms with Crippen LogP contribution in [0.2, 0.25) is 0 Å². The molecule has 0 spiro atoms. The summed E-state index contributed by atoms with van der Waals surface area (Å²) in [6.07, 6.45) is 1.46. The molecule has 24 heavy (non-hydrogen) atoms. The highest BCUT2D eigenvalue weighted by Gasteiger charge is 2.32. The Morgan fingerprint density at radius 1 is 1.33 bits per heavy atom. The lowest BCUT2D eigenvalue weighted by Crippen LogP contribution is -2.29. The summed E-state index contributed by atoms with van der Waals surface area (Å²) in [6, 6.07) is 8.05. The van der Waals surface area contributed by atoms with E-state index in [1.54, 1.807) is 0 Å². The highest BCUT2D eigenvalue weighted by atomic mass is 32.2. The van der Waals surface area contributed by atoms with Gasteiger partial charge in [0.25, 0.3) is 5.91 Å². The van der Waals surface area contributed by atoms with Crippen LogP contribution in [0.15, 0.2) is 35.2 Å². The molecule has 0 saturated carbocycles. The Bertz CT molecular complexity index is 778. The van der Waals surface area contributed by atoms with Gasteiger partial charge in [-0.2, -0.15) is 5.26 Å². The molecule has 1 aromatic carbocycles. The standard InChI is InChI=1S/C16H12N2O4S2/c17-9-10-3-5-11(6-4-10)12(19)8-13-15(22)18(16(23)24-13)7-1-2-14(20)21/h3-6,8H,1-2,7H2,(H,20,21)/b13-8-. The molecule has 1 aromatic rings. The van der Waals surface area contributed by atoms with Crippen molar-refractivity contribution in [1.29, 1.82) is 5.26 Å². The van der Waals surface area contributed by atoms with Gasteiger partial charge in [0.15, 0.2) is 5.78 Å². The number of rotatable bonds is 6. The van der Waals surface area contributed by atoms with Crippen LogP contribution in [-0.4, -0.2) is 38.5 Å². The molecular formula is C16H12N2O4S2. The maximum absolute atomic E-state index is 12.3. The smallest absolute Gasteiger partial charge is 0.303 e. The van der Waals surface area contributed by atoms with Crippen molar-refractivity contribution in [2.24, 2.45) is 0 Å². The Labute approximate surface area is 147 Å². The van der Waals surface area contributed by atoms with E-state index in [-0.39, 0.29) is 23.7 Å². The lowest BCUT2D eigenvalue weighted by Gasteiger charge is -2.13. The minimum absolute atomic E-state index is 0.0553. The molecule has 1 amide bonds.